The third-order valence-electron chi connectivity index (χ3n) is 3.35. The summed E-state index contributed by atoms with van der Waals surface area (Å²) >= 11 is 0. The van der Waals surface area contributed by atoms with Gasteiger partial charge < -0.3 is 15.8 Å². The fraction of sp³-hybridized carbons (Fsp3) is 0.562. The summed E-state index contributed by atoms with van der Waals surface area (Å²) in [6, 6.07) is 7.68. The lowest BCUT2D eigenvalue weighted by molar-refractivity contribution is -0.126. The third kappa shape index (κ3) is 4.53. The Balaban J connectivity index is 2.68. The summed E-state index contributed by atoms with van der Waals surface area (Å²) in [5, 5.41) is 2.94. The Bertz CT molecular complexity index is 438. The highest BCUT2D eigenvalue weighted by molar-refractivity contribution is 5.85. The van der Waals surface area contributed by atoms with E-state index in [9.17, 15) is 4.79 Å². The number of amides is 1. The number of benzene rings is 1. The molecule has 0 saturated heterocycles. The molecule has 0 fully saturated rings. The summed E-state index contributed by atoms with van der Waals surface area (Å²) in [5.41, 5.74) is 6.14. The average Bonchev–Trinajstić information content (AvgIpc) is 2.38. The molecule has 20 heavy (non-hydrogen) atoms. The molecule has 0 heterocycles. The van der Waals surface area contributed by atoms with Gasteiger partial charge in [0.2, 0.25) is 5.91 Å². The molecular formula is C16H26N2O2. The number of carbonyl (C=O) groups is 1. The maximum atomic E-state index is 12.0. The summed E-state index contributed by atoms with van der Waals surface area (Å²) in [7, 11) is 0. The minimum atomic E-state index is -0.824. The second-order valence-electron chi connectivity index (χ2n) is 5.70. The molecule has 1 rings (SSSR count). The molecule has 0 radical (unpaired) electrons. The van der Waals surface area contributed by atoms with Crippen LogP contribution in [0.1, 0.15) is 52.6 Å². The molecule has 2 atom stereocenters. The van der Waals surface area contributed by atoms with Gasteiger partial charge in [-0.3, -0.25) is 4.79 Å². The normalized spacial score (nSPS) is 15.6. The number of hydrogen-bond donors (Lipinski definition) is 2. The number of carbonyl (C=O) groups excluding carboxylic acids is 1. The van der Waals surface area contributed by atoms with E-state index in [1.165, 1.54) is 0 Å². The quantitative estimate of drug-likeness (QED) is 0.841. The van der Waals surface area contributed by atoms with Gasteiger partial charge in [0, 0.05) is 0 Å². The Kier molecular flexibility index (Phi) is 5.57. The lowest BCUT2D eigenvalue weighted by Crippen LogP contribution is -2.51. The van der Waals surface area contributed by atoms with Crippen molar-refractivity contribution < 1.29 is 9.53 Å². The van der Waals surface area contributed by atoms with Gasteiger partial charge in [0.15, 0.2) is 0 Å². The second kappa shape index (κ2) is 6.75. The Labute approximate surface area is 121 Å². The summed E-state index contributed by atoms with van der Waals surface area (Å²) in [4.78, 5) is 12.0. The highest BCUT2D eigenvalue weighted by Crippen LogP contribution is 2.19. The van der Waals surface area contributed by atoms with Crippen molar-refractivity contribution in [1.82, 2.24) is 5.32 Å². The fourth-order valence-electron chi connectivity index (χ4n) is 1.71. The van der Waals surface area contributed by atoms with E-state index in [1.54, 1.807) is 6.92 Å². The first-order valence-electron chi connectivity index (χ1n) is 7.12. The van der Waals surface area contributed by atoms with Crippen LogP contribution in [0.15, 0.2) is 24.3 Å². The molecule has 0 aliphatic carbocycles. The summed E-state index contributed by atoms with van der Waals surface area (Å²) in [5.74, 6) is 0.703. The van der Waals surface area contributed by atoms with Crippen LogP contribution in [0.3, 0.4) is 0 Å². The van der Waals surface area contributed by atoms with Gasteiger partial charge in [-0.25, -0.2) is 0 Å². The maximum absolute atomic E-state index is 12.0. The van der Waals surface area contributed by atoms with Crippen molar-refractivity contribution in [3.8, 4) is 5.75 Å². The van der Waals surface area contributed by atoms with Crippen LogP contribution in [-0.4, -0.2) is 17.6 Å². The minimum absolute atomic E-state index is 0.0787. The van der Waals surface area contributed by atoms with Crippen LogP contribution < -0.4 is 15.8 Å². The Morgan fingerprint density at radius 3 is 2.30 bits per heavy atom. The Morgan fingerprint density at radius 1 is 1.30 bits per heavy atom. The second-order valence-corrected chi connectivity index (χ2v) is 5.70. The topological polar surface area (TPSA) is 64.4 Å². The Morgan fingerprint density at radius 2 is 1.85 bits per heavy atom. The van der Waals surface area contributed by atoms with E-state index in [1.807, 2.05) is 52.0 Å². The number of rotatable bonds is 6. The first kappa shape index (κ1) is 16.5. The summed E-state index contributed by atoms with van der Waals surface area (Å²) in [6.45, 7) is 9.58. The van der Waals surface area contributed by atoms with Crippen LogP contribution in [0, 0.1) is 0 Å². The SMILES string of the molecule is CCC(C)(N)C(=O)NC(C)c1ccc(OC(C)C)cc1. The first-order chi connectivity index (χ1) is 9.26. The van der Waals surface area contributed by atoms with Crippen molar-refractivity contribution in [2.45, 2.75) is 58.7 Å². The van der Waals surface area contributed by atoms with Crippen LogP contribution in [-0.2, 0) is 4.79 Å². The zero-order valence-electron chi connectivity index (χ0n) is 13.1. The van der Waals surface area contributed by atoms with Crippen LogP contribution >= 0.6 is 0 Å². The van der Waals surface area contributed by atoms with Gasteiger partial charge in [-0.05, 0) is 51.8 Å². The summed E-state index contributed by atoms with van der Waals surface area (Å²) in [6.07, 6.45) is 0.757. The van der Waals surface area contributed by atoms with Gasteiger partial charge >= 0.3 is 0 Å². The van der Waals surface area contributed by atoms with Gasteiger partial charge in [0.05, 0.1) is 17.7 Å². The average molecular weight is 278 g/mol. The molecule has 0 aliphatic rings. The highest BCUT2D eigenvalue weighted by Gasteiger charge is 2.27. The van der Waals surface area contributed by atoms with Crippen molar-refractivity contribution in [1.29, 1.82) is 0 Å². The molecule has 0 spiro atoms. The number of nitrogens with one attached hydrogen (secondary N) is 1. The molecule has 4 heteroatoms. The molecule has 0 aromatic heterocycles. The van der Waals surface area contributed by atoms with Gasteiger partial charge in [0.25, 0.3) is 0 Å². The lowest BCUT2D eigenvalue weighted by Gasteiger charge is -2.24. The summed E-state index contributed by atoms with van der Waals surface area (Å²) < 4.78 is 5.59. The molecule has 4 nitrogen and oxygen atoms in total. The fourth-order valence-corrected chi connectivity index (χ4v) is 1.71. The van der Waals surface area contributed by atoms with Crippen LogP contribution in [0.4, 0.5) is 0 Å². The predicted octanol–water partition coefficient (Wildman–Crippen LogP) is 2.78. The molecule has 0 aliphatic heterocycles. The Hall–Kier alpha value is -1.55. The molecular weight excluding hydrogens is 252 g/mol. The minimum Gasteiger partial charge on any atom is -0.491 e. The zero-order valence-corrected chi connectivity index (χ0v) is 13.1. The smallest absolute Gasteiger partial charge is 0.240 e. The van der Waals surface area contributed by atoms with Gasteiger partial charge in [-0.1, -0.05) is 19.1 Å². The van der Waals surface area contributed by atoms with Crippen molar-refractivity contribution in [3.05, 3.63) is 29.8 Å². The maximum Gasteiger partial charge on any atom is 0.240 e. The van der Waals surface area contributed by atoms with Gasteiger partial charge in [-0.2, -0.15) is 0 Å². The number of nitrogens with two attached hydrogens (primary N) is 1. The van der Waals surface area contributed by atoms with E-state index < -0.39 is 5.54 Å². The molecule has 1 aromatic rings. The zero-order chi connectivity index (χ0) is 15.3. The molecule has 1 amide bonds. The van der Waals surface area contributed by atoms with E-state index in [2.05, 4.69) is 5.32 Å². The van der Waals surface area contributed by atoms with E-state index in [-0.39, 0.29) is 18.1 Å². The third-order valence-corrected chi connectivity index (χ3v) is 3.35. The van der Waals surface area contributed by atoms with Gasteiger partial charge in [-0.15, -0.1) is 0 Å². The van der Waals surface area contributed by atoms with Crippen molar-refractivity contribution in [2.75, 3.05) is 0 Å². The monoisotopic (exact) mass is 278 g/mol. The molecule has 2 unspecified atom stereocenters. The van der Waals surface area contributed by atoms with E-state index in [0.717, 1.165) is 11.3 Å². The molecule has 3 N–H and O–H groups in total. The van der Waals surface area contributed by atoms with Crippen LogP contribution in [0.5, 0.6) is 5.75 Å². The van der Waals surface area contributed by atoms with Crippen LogP contribution in [0.2, 0.25) is 0 Å². The molecule has 1 aromatic carbocycles. The predicted molar refractivity (Wildman–Crippen MR) is 81.6 cm³/mol. The molecule has 0 bridgehead atoms. The first-order valence-corrected chi connectivity index (χ1v) is 7.12. The molecule has 112 valence electrons. The van der Waals surface area contributed by atoms with Crippen molar-refractivity contribution in [2.24, 2.45) is 5.73 Å². The van der Waals surface area contributed by atoms with Crippen LogP contribution in [0.25, 0.3) is 0 Å². The molecule has 0 saturated carbocycles. The number of hydrogen-bond acceptors (Lipinski definition) is 3. The number of ether oxygens (including phenoxy) is 1. The highest BCUT2D eigenvalue weighted by atomic mass is 16.5. The van der Waals surface area contributed by atoms with Crippen molar-refractivity contribution >= 4 is 5.91 Å². The van der Waals surface area contributed by atoms with E-state index in [0.29, 0.717) is 6.42 Å². The van der Waals surface area contributed by atoms with E-state index in [4.69, 9.17) is 10.5 Å². The van der Waals surface area contributed by atoms with E-state index >= 15 is 0 Å². The van der Waals surface area contributed by atoms with Gasteiger partial charge in [0.1, 0.15) is 5.75 Å². The van der Waals surface area contributed by atoms with Crippen molar-refractivity contribution in [3.63, 3.8) is 0 Å². The largest absolute Gasteiger partial charge is 0.491 e. The standard InChI is InChI=1S/C16H26N2O2/c1-6-16(5,17)15(19)18-12(4)13-7-9-14(10-8-13)20-11(2)3/h7-12H,6,17H2,1-5H3,(H,18,19). The lowest BCUT2D eigenvalue weighted by atomic mass is 9.98.